The van der Waals surface area contributed by atoms with Gasteiger partial charge in [0, 0.05) is 12.5 Å². The number of nitrogens with zero attached hydrogens (tertiary/aromatic N) is 1. The molecule has 0 saturated carbocycles. The van der Waals surface area contributed by atoms with Gasteiger partial charge in [-0.25, -0.2) is 0 Å². The molecule has 0 aromatic heterocycles. The summed E-state index contributed by atoms with van der Waals surface area (Å²) in [5.74, 6) is -1.03. The van der Waals surface area contributed by atoms with Crippen LogP contribution in [0.5, 0.6) is 0 Å². The Hall–Kier alpha value is -1.17. The fourth-order valence-corrected chi connectivity index (χ4v) is 1.94. The first-order valence-corrected chi connectivity index (χ1v) is 5.19. The number of rotatable bonds is 4. The summed E-state index contributed by atoms with van der Waals surface area (Å²) >= 11 is 5.00. The van der Waals surface area contributed by atoms with Gasteiger partial charge in [-0.1, -0.05) is 0 Å². The lowest BCUT2D eigenvalue weighted by atomic mass is 10.1. The second-order valence-corrected chi connectivity index (χ2v) is 4.12. The van der Waals surface area contributed by atoms with E-state index in [0.29, 0.717) is 5.11 Å². The molecule has 0 unspecified atom stereocenters. The third kappa shape index (κ3) is 2.65. The third-order valence-electron chi connectivity index (χ3n) is 2.22. The van der Waals surface area contributed by atoms with Gasteiger partial charge in [0.05, 0.1) is 0 Å². The average molecular weight is 230 g/mol. The summed E-state index contributed by atoms with van der Waals surface area (Å²) in [5, 5.41) is 11.7. The monoisotopic (exact) mass is 230 g/mol. The van der Waals surface area contributed by atoms with Gasteiger partial charge in [-0.05, 0) is 32.5 Å². The Kier molecular flexibility index (Phi) is 3.62. The summed E-state index contributed by atoms with van der Waals surface area (Å²) in [6.45, 7) is 3.73. The molecule has 15 heavy (non-hydrogen) atoms. The van der Waals surface area contributed by atoms with Crippen LogP contribution in [0.3, 0.4) is 0 Å². The van der Waals surface area contributed by atoms with Crippen LogP contribution in [0.25, 0.3) is 0 Å². The molecule has 1 heterocycles. The van der Waals surface area contributed by atoms with E-state index in [1.165, 1.54) is 4.90 Å². The zero-order valence-electron chi connectivity index (χ0n) is 8.69. The molecule has 2 N–H and O–H groups in total. The second kappa shape index (κ2) is 4.57. The number of nitrogens with one attached hydrogen (secondary N) is 1. The molecule has 0 radical (unpaired) electrons. The molecule has 0 aromatic rings. The smallest absolute Gasteiger partial charge is 0.303 e. The highest BCUT2D eigenvalue weighted by Crippen LogP contribution is 2.14. The largest absolute Gasteiger partial charge is 0.481 e. The molecule has 1 atom stereocenters. The molecular weight excluding hydrogens is 216 g/mol. The maximum atomic E-state index is 11.8. The molecule has 1 fully saturated rings. The SMILES string of the molecule is CC(C)N1C(=O)[C@H](CCC(=O)O)NC1=S. The topological polar surface area (TPSA) is 69.6 Å². The van der Waals surface area contributed by atoms with E-state index >= 15 is 0 Å². The highest BCUT2D eigenvalue weighted by atomic mass is 32.1. The summed E-state index contributed by atoms with van der Waals surface area (Å²) in [7, 11) is 0. The first-order chi connectivity index (χ1) is 6.93. The van der Waals surface area contributed by atoms with E-state index in [0.717, 1.165) is 0 Å². The first kappa shape index (κ1) is 11.9. The lowest BCUT2D eigenvalue weighted by Crippen LogP contribution is -2.37. The summed E-state index contributed by atoms with van der Waals surface area (Å²) in [4.78, 5) is 23.6. The Morgan fingerprint density at radius 1 is 1.67 bits per heavy atom. The normalized spacial score (nSPS) is 21.0. The summed E-state index contributed by atoms with van der Waals surface area (Å²) in [5.41, 5.74) is 0. The van der Waals surface area contributed by atoms with Crippen molar-refractivity contribution in [3.63, 3.8) is 0 Å². The van der Waals surface area contributed by atoms with Gasteiger partial charge >= 0.3 is 5.97 Å². The number of hydrogen-bond donors (Lipinski definition) is 2. The lowest BCUT2D eigenvalue weighted by molar-refractivity contribution is -0.137. The van der Waals surface area contributed by atoms with Crippen LogP contribution < -0.4 is 5.32 Å². The van der Waals surface area contributed by atoms with E-state index in [2.05, 4.69) is 5.32 Å². The van der Waals surface area contributed by atoms with Crippen molar-refractivity contribution >= 4 is 29.2 Å². The molecule has 1 saturated heterocycles. The first-order valence-electron chi connectivity index (χ1n) is 4.79. The predicted octanol–water partition coefficient (Wildman–Crippen LogP) is 0.345. The molecular formula is C9H14N2O3S. The van der Waals surface area contributed by atoms with Gasteiger partial charge in [0.1, 0.15) is 6.04 Å². The number of carbonyl (C=O) groups is 2. The van der Waals surface area contributed by atoms with Gasteiger partial charge in [-0.3, -0.25) is 14.5 Å². The van der Waals surface area contributed by atoms with Gasteiger partial charge in [0.2, 0.25) is 0 Å². The van der Waals surface area contributed by atoms with Crippen molar-refractivity contribution in [2.75, 3.05) is 0 Å². The zero-order valence-corrected chi connectivity index (χ0v) is 9.50. The third-order valence-corrected chi connectivity index (χ3v) is 2.53. The Morgan fingerprint density at radius 3 is 2.67 bits per heavy atom. The standard InChI is InChI=1S/C9H14N2O3S/c1-5(2)11-8(14)6(10-9(11)15)3-4-7(12)13/h5-6H,3-4H2,1-2H3,(H,10,15)(H,12,13)/t6-/m0/s1. The minimum atomic E-state index is -0.904. The quantitative estimate of drug-likeness (QED) is 0.682. The van der Waals surface area contributed by atoms with Gasteiger partial charge in [-0.15, -0.1) is 0 Å². The molecule has 0 aliphatic carbocycles. The van der Waals surface area contributed by atoms with E-state index in [9.17, 15) is 9.59 Å². The Bertz CT molecular complexity index is 304. The van der Waals surface area contributed by atoms with Gasteiger partial charge in [0.25, 0.3) is 5.91 Å². The van der Waals surface area contributed by atoms with E-state index in [1.807, 2.05) is 13.8 Å². The van der Waals surface area contributed by atoms with Crippen LogP contribution in [0.15, 0.2) is 0 Å². The van der Waals surface area contributed by atoms with Crippen LogP contribution in [0.1, 0.15) is 26.7 Å². The highest BCUT2D eigenvalue weighted by Gasteiger charge is 2.36. The van der Waals surface area contributed by atoms with Crippen molar-refractivity contribution in [3.8, 4) is 0 Å². The highest BCUT2D eigenvalue weighted by molar-refractivity contribution is 7.80. The van der Waals surface area contributed by atoms with E-state index < -0.39 is 12.0 Å². The Morgan fingerprint density at radius 2 is 2.27 bits per heavy atom. The van der Waals surface area contributed by atoms with Crippen molar-refractivity contribution in [2.24, 2.45) is 0 Å². The van der Waals surface area contributed by atoms with Crippen molar-refractivity contribution in [1.82, 2.24) is 10.2 Å². The lowest BCUT2D eigenvalue weighted by Gasteiger charge is -2.18. The molecule has 1 rings (SSSR count). The predicted molar refractivity (Wildman–Crippen MR) is 58.4 cm³/mol. The van der Waals surface area contributed by atoms with Crippen molar-refractivity contribution in [3.05, 3.63) is 0 Å². The molecule has 84 valence electrons. The van der Waals surface area contributed by atoms with Gasteiger partial charge in [0.15, 0.2) is 5.11 Å². The number of amides is 1. The van der Waals surface area contributed by atoms with E-state index in [-0.39, 0.29) is 24.8 Å². The molecule has 1 aliphatic heterocycles. The molecule has 6 heteroatoms. The molecule has 1 amide bonds. The minimum absolute atomic E-state index is 0.00679. The van der Waals surface area contributed by atoms with Crippen LogP contribution in [-0.4, -0.2) is 39.1 Å². The van der Waals surface area contributed by atoms with Crippen molar-refractivity contribution < 1.29 is 14.7 Å². The average Bonchev–Trinajstić information content (AvgIpc) is 2.37. The maximum Gasteiger partial charge on any atom is 0.303 e. The van der Waals surface area contributed by atoms with E-state index in [1.54, 1.807) is 0 Å². The maximum absolute atomic E-state index is 11.8. The molecule has 0 aromatic carbocycles. The minimum Gasteiger partial charge on any atom is -0.481 e. The number of hydrogen-bond acceptors (Lipinski definition) is 3. The Balaban J connectivity index is 2.61. The fraction of sp³-hybridized carbons (Fsp3) is 0.667. The van der Waals surface area contributed by atoms with Crippen molar-refractivity contribution in [1.29, 1.82) is 0 Å². The fourth-order valence-electron chi connectivity index (χ4n) is 1.50. The zero-order chi connectivity index (χ0) is 11.6. The number of aliphatic carboxylic acids is 1. The van der Waals surface area contributed by atoms with Gasteiger partial charge in [-0.2, -0.15) is 0 Å². The summed E-state index contributed by atoms with van der Waals surface area (Å²) < 4.78 is 0. The van der Waals surface area contributed by atoms with Crippen molar-refractivity contribution in [2.45, 2.75) is 38.8 Å². The van der Waals surface area contributed by atoms with Crippen LogP contribution in [-0.2, 0) is 9.59 Å². The summed E-state index contributed by atoms with van der Waals surface area (Å²) in [6, 6.07) is -0.469. The van der Waals surface area contributed by atoms with Crippen LogP contribution in [0, 0.1) is 0 Å². The van der Waals surface area contributed by atoms with Gasteiger partial charge < -0.3 is 10.4 Å². The second-order valence-electron chi connectivity index (χ2n) is 3.74. The van der Waals surface area contributed by atoms with Crippen LogP contribution >= 0.6 is 12.2 Å². The molecule has 5 nitrogen and oxygen atoms in total. The Labute approximate surface area is 93.4 Å². The van der Waals surface area contributed by atoms with Crippen LogP contribution in [0.4, 0.5) is 0 Å². The number of carbonyl (C=O) groups excluding carboxylic acids is 1. The van der Waals surface area contributed by atoms with Crippen LogP contribution in [0.2, 0.25) is 0 Å². The molecule has 0 spiro atoms. The number of carboxylic acids is 1. The number of thiocarbonyl (C=S) groups is 1. The molecule has 0 bridgehead atoms. The number of carboxylic acid groups (broad SMARTS) is 1. The molecule has 1 aliphatic rings. The van der Waals surface area contributed by atoms with E-state index in [4.69, 9.17) is 17.3 Å². The summed E-state index contributed by atoms with van der Waals surface area (Å²) in [6.07, 6.45) is 0.246.